The molecule has 10 heteroatoms. The lowest BCUT2D eigenvalue weighted by Crippen LogP contribution is -2.34. The van der Waals surface area contributed by atoms with Crippen LogP contribution in [0, 0.1) is 12.7 Å². The van der Waals surface area contributed by atoms with Gasteiger partial charge in [0.05, 0.1) is 17.2 Å². The molecule has 194 valence electrons. The molecule has 0 N–H and O–H groups in total. The second-order valence-corrected chi connectivity index (χ2v) is 9.28. The number of hydrogen-bond donors (Lipinski definition) is 0. The molecule has 0 radical (unpaired) electrons. The summed E-state index contributed by atoms with van der Waals surface area (Å²) in [5.41, 5.74) is -0.370. The molecule has 0 aromatic heterocycles. The number of carbonyl (C=O) groups excluding carboxylic acids is 1. The van der Waals surface area contributed by atoms with Crippen molar-refractivity contribution in [3.8, 4) is 0 Å². The van der Waals surface area contributed by atoms with E-state index >= 15 is 0 Å². The van der Waals surface area contributed by atoms with Crippen LogP contribution in [0.3, 0.4) is 0 Å². The second-order valence-electron chi connectivity index (χ2n) is 9.28. The number of ether oxygens (including phenoxy) is 1. The largest absolute Gasteiger partial charge is 0.439 e. The number of rotatable bonds is 4. The Balaban J connectivity index is 1.66. The summed E-state index contributed by atoms with van der Waals surface area (Å²) in [6, 6.07) is 5.09. The maximum atomic E-state index is 14.6. The lowest BCUT2D eigenvalue weighted by Gasteiger charge is -2.27. The molecule has 0 bridgehead atoms. The average Bonchev–Trinajstić information content (AvgIpc) is 3.06. The van der Waals surface area contributed by atoms with Crippen molar-refractivity contribution in [3.05, 3.63) is 75.6 Å². The Hall–Kier alpha value is -3.04. The van der Waals surface area contributed by atoms with Gasteiger partial charge in [-0.25, -0.2) is 9.18 Å². The lowest BCUT2D eigenvalue weighted by molar-refractivity contribution is -0.138. The Morgan fingerprint density at radius 2 is 1.61 bits per heavy atom. The number of benzene rings is 2. The molecule has 2 aliphatic rings. The van der Waals surface area contributed by atoms with Gasteiger partial charge in [0, 0.05) is 12.1 Å². The third-order valence-corrected chi connectivity index (χ3v) is 6.71. The molecule has 1 heterocycles. The molecular formula is C26H24F7NO2. The number of aryl methyl sites for hydroxylation is 1. The second kappa shape index (κ2) is 9.44. The Labute approximate surface area is 203 Å². The van der Waals surface area contributed by atoms with Crippen molar-refractivity contribution in [1.29, 1.82) is 0 Å². The van der Waals surface area contributed by atoms with Gasteiger partial charge in [0.1, 0.15) is 11.9 Å². The predicted octanol–water partition coefficient (Wildman–Crippen LogP) is 8.08. The van der Waals surface area contributed by atoms with E-state index in [0.717, 1.165) is 24.3 Å². The molecule has 1 aliphatic heterocycles. The van der Waals surface area contributed by atoms with Gasteiger partial charge < -0.3 is 4.74 Å². The van der Waals surface area contributed by atoms with Crippen LogP contribution < -0.4 is 0 Å². The van der Waals surface area contributed by atoms with Crippen molar-refractivity contribution < 1.29 is 40.3 Å². The zero-order chi connectivity index (χ0) is 26.4. The molecule has 0 unspecified atom stereocenters. The lowest BCUT2D eigenvalue weighted by atomic mass is 9.86. The highest BCUT2D eigenvalue weighted by Crippen LogP contribution is 2.41. The van der Waals surface area contributed by atoms with Gasteiger partial charge in [-0.2, -0.15) is 26.3 Å². The number of alkyl halides is 6. The molecule has 3 nitrogen and oxygen atoms in total. The van der Waals surface area contributed by atoms with Crippen molar-refractivity contribution in [2.75, 3.05) is 6.54 Å². The quantitative estimate of drug-likeness (QED) is 0.385. The number of nitrogens with zero attached hydrogens (tertiary/aromatic N) is 1. The van der Waals surface area contributed by atoms with E-state index in [1.165, 1.54) is 17.9 Å². The van der Waals surface area contributed by atoms with Gasteiger partial charge in [0.2, 0.25) is 0 Å². The highest BCUT2D eigenvalue weighted by molar-refractivity contribution is 5.74. The normalized spacial score (nSPS) is 21.2. The van der Waals surface area contributed by atoms with Crippen LogP contribution in [-0.2, 0) is 17.1 Å². The average molecular weight is 515 g/mol. The zero-order valence-corrected chi connectivity index (χ0v) is 19.6. The van der Waals surface area contributed by atoms with E-state index in [9.17, 15) is 35.5 Å². The summed E-state index contributed by atoms with van der Waals surface area (Å²) in [6.07, 6.45) is -8.74. The SMILES string of the molecule is Cc1cc([C@H]2OC(=O)N(CC3=C(c4cc(C(F)(F)F)ccc4F)CCCC3)[C@H]2C)cc(C(F)(F)F)c1. The molecule has 1 amide bonds. The molecule has 2 aromatic rings. The summed E-state index contributed by atoms with van der Waals surface area (Å²) < 4.78 is 99.8. The fourth-order valence-electron chi connectivity index (χ4n) is 4.91. The standard InChI is InChI=1S/C26H24F7NO2/c1-14-9-17(11-19(10-14)26(31,32)33)23-15(2)34(24(35)36-23)13-16-5-3-4-6-20(16)21-12-18(25(28,29)30)7-8-22(21)27/h7-12,15,23H,3-6,13H2,1-2H3/t15-,23-/m0/s1. The van der Waals surface area contributed by atoms with Gasteiger partial charge in [0.25, 0.3) is 0 Å². The predicted molar refractivity (Wildman–Crippen MR) is 118 cm³/mol. The van der Waals surface area contributed by atoms with Gasteiger partial charge in [-0.15, -0.1) is 0 Å². The molecule has 0 spiro atoms. The minimum absolute atomic E-state index is 0.0144. The number of amides is 1. The van der Waals surface area contributed by atoms with E-state index in [1.807, 2.05) is 0 Å². The summed E-state index contributed by atoms with van der Waals surface area (Å²) in [7, 11) is 0. The van der Waals surface area contributed by atoms with Gasteiger partial charge in [-0.1, -0.05) is 11.6 Å². The number of carbonyl (C=O) groups is 1. The van der Waals surface area contributed by atoms with E-state index in [4.69, 9.17) is 4.74 Å². The molecule has 1 fully saturated rings. The number of allylic oxidation sites excluding steroid dienone is 1. The maximum absolute atomic E-state index is 14.6. The van der Waals surface area contributed by atoms with Crippen molar-refractivity contribution >= 4 is 11.7 Å². The van der Waals surface area contributed by atoms with Gasteiger partial charge in [-0.05, 0) is 86.6 Å². The van der Waals surface area contributed by atoms with Gasteiger partial charge in [0.15, 0.2) is 0 Å². The van der Waals surface area contributed by atoms with Crippen LogP contribution in [-0.4, -0.2) is 23.6 Å². The Morgan fingerprint density at radius 3 is 2.28 bits per heavy atom. The minimum Gasteiger partial charge on any atom is -0.439 e. The van der Waals surface area contributed by atoms with E-state index in [-0.39, 0.29) is 17.7 Å². The van der Waals surface area contributed by atoms with Gasteiger partial charge in [-0.3, -0.25) is 4.90 Å². The van der Waals surface area contributed by atoms with E-state index in [2.05, 4.69) is 0 Å². The van der Waals surface area contributed by atoms with Crippen LogP contribution in [0.25, 0.3) is 5.57 Å². The molecule has 2 aromatic carbocycles. The molecule has 1 aliphatic carbocycles. The molecule has 0 saturated carbocycles. The first-order valence-corrected chi connectivity index (χ1v) is 11.5. The first kappa shape index (κ1) is 26.0. The number of cyclic esters (lactones) is 1. The monoisotopic (exact) mass is 515 g/mol. The Morgan fingerprint density at radius 1 is 0.944 bits per heavy atom. The van der Waals surface area contributed by atoms with Gasteiger partial charge >= 0.3 is 18.4 Å². The number of hydrogen-bond acceptors (Lipinski definition) is 2. The fourth-order valence-corrected chi connectivity index (χ4v) is 4.91. The summed E-state index contributed by atoms with van der Waals surface area (Å²) in [4.78, 5) is 14.1. The Bertz CT molecular complexity index is 1200. The van der Waals surface area contributed by atoms with Crippen molar-refractivity contribution in [2.24, 2.45) is 0 Å². The van der Waals surface area contributed by atoms with Crippen LogP contribution in [0.15, 0.2) is 42.0 Å². The summed E-state index contributed by atoms with van der Waals surface area (Å²) in [5, 5.41) is 0. The van der Waals surface area contributed by atoms with Crippen LogP contribution in [0.5, 0.6) is 0 Å². The van der Waals surface area contributed by atoms with E-state index < -0.39 is 47.5 Å². The van der Waals surface area contributed by atoms with Crippen LogP contribution in [0.2, 0.25) is 0 Å². The molecule has 36 heavy (non-hydrogen) atoms. The van der Waals surface area contributed by atoms with Crippen molar-refractivity contribution in [2.45, 2.75) is 64.0 Å². The van der Waals surface area contributed by atoms with Crippen LogP contribution in [0.4, 0.5) is 35.5 Å². The molecule has 2 atom stereocenters. The smallest absolute Gasteiger partial charge is 0.416 e. The van der Waals surface area contributed by atoms with E-state index in [0.29, 0.717) is 48.5 Å². The van der Waals surface area contributed by atoms with Crippen molar-refractivity contribution in [3.63, 3.8) is 0 Å². The third-order valence-electron chi connectivity index (χ3n) is 6.71. The van der Waals surface area contributed by atoms with Crippen LogP contribution in [0.1, 0.15) is 66.5 Å². The minimum atomic E-state index is -4.64. The zero-order valence-electron chi connectivity index (χ0n) is 19.6. The van der Waals surface area contributed by atoms with E-state index in [1.54, 1.807) is 6.92 Å². The highest BCUT2D eigenvalue weighted by Gasteiger charge is 2.42. The fraction of sp³-hybridized carbons (Fsp3) is 0.423. The first-order chi connectivity index (χ1) is 16.8. The summed E-state index contributed by atoms with van der Waals surface area (Å²) >= 11 is 0. The molecular weight excluding hydrogens is 491 g/mol. The van der Waals surface area contributed by atoms with Crippen molar-refractivity contribution in [1.82, 2.24) is 4.90 Å². The molecule has 4 rings (SSSR count). The molecule has 1 saturated heterocycles. The summed E-state index contributed by atoms with van der Waals surface area (Å²) in [5.74, 6) is -0.785. The maximum Gasteiger partial charge on any atom is 0.416 e. The topological polar surface area (TPSA) is 29.5 Å². The number of halogens is 7. The van der Waals surface area contributed by atoms with Crippen LogP contribution >= 0.6 is 0 Å². The first-order valence-electron chi connectivity index (χ1n) is 11.5. The highest BCUT2D eigenvalue weighted by atomic mass is 19.4. The summed E-state index contributed by atoms with van der Waals surface area (Å²) in [6.45, 7) is 3.14. The Kier molecular flexibility index (Phi) is 6.83. The third kappa shape index (κ3) is 5.22.